The largest absolute Gasteiger partial charge is 0.493 e. The van der Waals surface area contributed by atoms with E-state index in [9.17, 15) is 9.18 Å². The van der Waals surface area contributed by atoms with E-state index >= 15 is 0 Å². The molecule has 0 aromatic heterocycles. The first-order valence-corrected chi connectivity index (χ1v) is 9.05. The Morgan fingerprint density at radius 3 is 2.63 bits per heavy atom. The van der Waals surface area contributed by atoms with Gasteiger partial charge in [0.05, 0.1) is 18.7 Å². The molecular weight excluding hydrogens is 387 g/mol. The molecule has 0 spiro atoms. The van der Waals surface area contributed by atoms with Gasteiger partial charge in [0.15, 0.2) is 18.1 Å². The van der Waals surface area contributed by atoms with Crippen LogP contribution in [0.25, 0.3) is 0 Å². The third-order valence-electron chi connectivity index (χ3n) is 4.06. The first-order chi connectivity index (χ1) is 14.6. The van der Waals surface area contributed by atoms with E-state index in [-0.39, 0.29) is 24.9 Å². The predicted octanol–water partition coefficient (Wildman–Crippen LogP) is 4.30. The van der Waals surface area contributed by atoms with Crippen molar-refractivity contribution in [2.45, 2.75) is 6.61 Å². The summed E-state index contributed by atoms with van der Waals surface area (Å²) in [5.41, 5.74) is 1.67. The summed E-state index contributed by atoms with van der Waals surface area (Å²) in [6, 6.07) is 19.7. The highest BCUT2D eigenvalue weighted by atomic mass is 19.1. The molecule has 3 aromatic rings. The van der Waals surface area contributed by atoms with E-state index in [0.717, 1.165) is 0 Å². The Morgan fingerprint density at radius 1 is 1.03 bits per heavy atom. The second-order valence-corrected chi connectivity index (χ2v) is 6.26. The number of ether oxygens (including phenoxy) is 3. The van der Waals surface area contributed by atoms with Gasteiger partial charge in [0.2, 0.25) is 0 Å². The number of rotatable bonds is 8. The van der Waals surface area contributed by atoms with Gasteiger partial charge in [0, 0.05) is 17.8 Å². The molecule has 0 fully saturated rings. The maximum Gasteiger partial charge on any atom is 0.262 e. The standard InChI is InChI=1S/C23H19FN2O4/c1-28-22-11-16(13-25)8-9-21(22)30-15-23(27)26-19-6-3-7-20(12-19)29-14-17-4-2-5-18(24)10-17/h2-12H,14-15H2,1H3,(H,26,27). The molecule has 0 bridgehead atoms. The van der Waals surface area contributed by atoms with Gasteiger partial charge in [-0.05, 0) is 42.0 Å². The van der Waals surface area contributed by atoms with E-state index in [2.05, 4.69) is 5.32 Å². The fourth-order valence-corrected chi connectivity index (χ4v) is 2.65. The summed E-state index contributed by atoms with van der Waals surface area (Å²) in [6.45, 7) is -0.0343. The molecule has 0 unspecified atom stereocenters. The zero-order valence-corrected chi connectivity index (χ0v) is 16.2. The van der Waals surface area contributed by atoms with Crippen LogP contribution in [0.3, 0.4) is 0 Å². The van der Waals surface area contributed by atoms with Gasteiger partial charge < -0.3 is 19.5 Å². The zero-order valence-electron chi connectivity index (χ0n) is 16.2. The third-order valence-corrected chi connectivity index (χ3v) is 4.06. The third kappa shape index (κ3) is 5.72. The van der Waals surface area contributed by atoms with Crippen molar-refractivity contribution in [3.05, 3.63) is 83.7 Å². The summed E-state index contributed by atoms with van der Waals surface area (Å²) < 4.78 is 29.6. The molecular formula is C23H19FN2O4. The normalized spacial score (nSPS) is 10.0. The van der Waals surface area contributed by atoms with Crippen molar-refractivity contribution in [1.29, 1.82) is 5.26 Å². The lowest BCUT2D eigenvalue weighted by Gasteiger charge is -2.12. The molecule has 1 N–H and O–H groups in total. The number of methoxy groups -OCH3 is 1. The van der Waals surface area contributed by atoms with Gasteiger partial charge >= 0.3 is 0 Å². The number of carbonyl (C=O) groups excluding carboxylic acids is 1. The molecule has 30 heavy (non-hydrogen) atoms. The summed E-state index contributed by atoms with van der Waals surface area (Å²) in [5.74, 6) is 0.569. The maximum absolute atomic E-state index is 13.2. The average molecular weight is 406 g/mol. The van der Waals surface area contributed by atoms with Crippen LogP contribution in [0, 0.1) is 17.1 Å². The van der Waals surface area contributed by atoms with E-state index < -0.39 is 0 Å². The Balaban J connectivity index is 1.55. The number of halogens is 1. The molecule has 0 saturated carbocycles. The Bertz CT molecular complexity index is 1080. The van der Waals surface area contributed by atoms with Crippen LogP contribution in [-0.4, -0.2) is 19.6 Å². The van der Waals surface area contributed by atoms with Crippen LogP contribution in [0.5, 0.6) is 17.2 Å². The molecule has 3 aromatic carbocycles. The number of nitrogens with one attached hydrogen (secondary N) is 1. The number of amides is 1. The van der Waals surface area contributed by atoms with E-state index in [0.29, 0.717) is 34.1 Å². The summed E-state index contributed by atoms with van der Waals surface area (Å²) in [5, 5.41) is 11.7. The minimum atomic E-state index is -0.372. The monoisotopic (exact) mass is 406 g/mol. The first kappa shape index (κ1) is 20.7. The smallest absolute Gasteiger partial charge is 0.262 e. The van der Waals surface area contributed by atoms with Crippen LogP contribution in [0.15, 0.2) is 66.7 Å². The van der Waals surface area contributed by atoms with Crippen LogP contribution < -0.4 is 19.5 Å². The van der Waals surface area contributed by atoms with Crippen molar-refractivity contribution in [3.63, 3.8) is 0 Å². The van der Waals surface area contributed by atoms with Crippen LogP contribution in [0.2, 0.25) is 0 Å². The summed E-state index contributed by atoms with van der Waals surface area (Å²) in [4.78, 5) is 12.2. The molecule has 0 aliphatic heterocycles. The van der Waals surface area contributed by atoms with Crippen molar-refractivity contribution in [3.8, 4) is 23.3 Å². The number of benzene rings is 3. The number of nitriles is 1. The van der Waals surface area contributed by atoms with E-state index in [1.54, 1.807) is 48.5 Å². The van der Waals surface area contributed by atoms with Crippen molar-refractivity contribution >= 4 is 11.6 Å². The molecule has 0 atom stereocenters. The van der Waals surface area contributed by atoms with Gasteiger partial charge in [-0.2, -0.15) is 5.26 Å². The lowest BCUT2D eigenvalue weighted by Crippen LogP contribution is -2.20. The molecule has 3 rings (SSSR count). The average Bonchev–Trinajstić information content (AvgIpc) is 2.76. The number of anilines is 1. The fourth-order valence-electron chi connectivity index (χ4n) is 2.65. The Hall–Kier alpha value is -4.05. The molecule has 0 saturated heterocycles. The van der Waals surface area contributed by atoms with Crippen LogP contribution in [0.1, 0.15) is 11.1 Å². The van der Waals surface area contributed by atoms with E-state index in [1.807, 2.05) is 6.07 Å². The highest BCUT2D eigenvalue weighted by Gasteiger charge is 2.09. The molecule has 0 radical (unpaired) electrons. The highest BCUT2D eigenvalue weighted by Crippen LogP contribution is 2.28. The summed E-state index contributed by atoms with van der Waals surface area (Å²) in [7, 11) is 1.46. The van der Waals surface area contributed by atoms with Gasteiger partial charge in [-0.25, -0.2) is 4.39 Å². The fraction of sp³-hybridized carbons (Fsp3) is 0.130. The zero-order chi connectivity index (χ0) is 21.3. The van der Waals surface area contributed by atoms with Crippen molar-refractivity contribution < 1.29 is 23.4 Å². The molecule has 0 aliphatic carbocycles. The molecule has 7 heteroatoms. The quantitative estimate of drug-likeness (QED) is 0.603. The minimum Gasteiger partial charge on any atom is -0.493 e. The number of hydrogen-bond acceptors (Lipinski definition) is 5. The Kier molecular flexibility index (Phi) is 6.85. The lowest BCUT2D eigenvalue weighted by atomic mass is 10.2. The minimum absolute atomic E-state index is 0.205. The van der Waals surface area contributed by atoms with Crippen LogP contribution in [-0.2, 0) is 11.4 Å². The number of hydrogen-bond donors (Lipinski definition) is 1. The van der Waals surface area contributed by atoms with Gasteiger partial charge in [0.1, 0.15) is 18.2 Å². The summed E-state index contributed by atoms with van der Waals surface area (Å²) >= 11 is 0. The van der Waals surface area contributed by atoms with Gasteiger partial charge in [-0.15, -0.1) is 0 Å². The predicted molar refractivity (Wildman–Crippen MR) is 109 cm³/mol. The molecule has 152 valence electrons. The van der Waals surface area contributed by atoms with Crippen molar-refractivity contribution in [2.24, 2.45) is 0 Å². The molecule has 6 nitrogen and oxygen atoms in total. The van der Waals surface area contributed by atoms with Crippen molar-refractivity contribution in [1.82, 2.24) is 0 Å². The molecule has 1 amide bonds. The van der Waals surface area contributed by atoms with E-state index in [1.165, 1.54) is 25.3 Å². The van der Waals surface area contributed by atoms with Gasteiger partial charge in [0.25, 0.3) is 5.91 Å². The maximum atomic E-state index is 13.2. The van der Waals surface area contributed by atoms with Gasteiger partial charge in [-0.1, -0.05) is 18.2 Å². The molecule has 0 heterocycles. The molecule has 0 aliphatic rings. The Morgan fingerprint density at radius 2 is 1.87 bits per heavy atom. The lowest BCUT2D eigenvalue weighted by molar-refractivity contribution is -0.118. The van der Waals surface area contributed by atoms with Crippen LogP contribution in [0.4, 0.5) is 10.1 Å². The van der Waals surface area contributed by atoms with Crippen molar-refractivity contribution in [2.75, 3.05) is 19.0 Å². The first-order valence-electron chi connectivity index (χ1n) is 9.05. The topological polar surface area (TPSA) is 80.6 Å². The highest BCUT2D eigenvalue weighted by molar-refractivity contribution is 5.92. The summed E-state index contributed by atoms with van der Waals surface area (Å²) in [6.07, 6.45) is 0. The Labute approximate surface area is 173 Å². The second kappa shape index (κ2) is 9.94. The second-order valence-electron chi connectivity index (χ2n) is 6.26. The number of carbonyl (C=O) groups is 1. The number of nitrogens with zero attached hydrogens (tertiary/aromatic N) is 1. The van der Waals surface area contributed by atoms with E-state index in [4.69, 9.17) is 19.5 Å². The SMILES string of the molecule is COc1cc(C#N)ccc1OCC(=O)Nc1cccc(OCc2cccc(F)c2)c1. The van der Waals surface area contributed by atoms with Crippen LogP contribution >= 0.6 is 0 Å². The van der Waals surface area contributed by atoms with Gasteiger partial charge in [-0.3, -0.25) is 4.79 Å².